The number of nitrogens with zero attached hydrogens (tertiary/aromatic N) is 2. The van der Waals surface area contributed by atoms with Crippen molar-refractivity contribution in [3.63, 3.8) is 0 Å². The Balaban J connectivity index is 2.04. The zero-order chi connectivity index (χ0) is 28.1. The monoisotopic (exact) mass is 559 g/mol. The molecule has 1 N–H and O–H groups in total. The highest BCUT2D eigenvalue weighted by molar-refractivity contribution is 7.92. The summed E-state index contributed by atoms with van der Waals surface area (Å²) in [6, 6.07) is 18.6. The first-order valence-corrected chi connectivity index (χ1v) is 13.8. The molecule has 0 aliphatic carbocycles. The number of sulfonamides is 1. The fourth-order valence-corrected chi connectivity index (χ4v) is 5.43. The average molecular weight is 560 g/mol. The van der Waals surface area contributed by atoms with Gasteiger partial charge in [0.1, 0.15) is 18.4 Å². The Morgan fingerprint density at radius 3 is 2.21 bits per heavy atom. The van der Waals surface area contributed by atoms with Gasteiger partial charge in [-0.15, -0.1) is 0 Å². The second kappa shape index (κ2) is 12.0. The van der Waals surface area contributed by atoms with Crippen molar-refractivity contribution in [3.8, 4) is 0 Å². The van der Waals surface area contributed by atoms with E-state index < -0.39 is 45.8 Å². The van der Waals surface area contributed by atoms with Crippen molar-refractivity contribution in [1.82, 2.24) is 10.2 Å². The SMILES string of the molecule is CC(C(=O)NC(C)(C)C)N(Cc1cccc(Cl)c1)C(=O)CN(c1ccccc1F)S(=O)(=O)c1ccccc1. The quantitative estimate of drug-likeness (QED) is 0.399. The van der Waals surface area contributed by atoms with Crippen molar-refractivity contribution in [3.05, 3.63) is 95.3 Å². The Hall–Kier alpha value is -3.43. The molecular weight excluding hydrogens is 529 g/mol. The lowest BCUT2D eigenvalue weighted by Crippen LogP contribution is -2.54. The molecule has 0 radical (unpaired) electrons. The maximum atomic E-state index is 14.9. The number of para-hydroxylation sites is 1. The summed E-state index contributed by atoms with van der Waals surface area (Å²) >= 11 is 6.13. The van der Waals surface area contributed by atoms with E-state index in [1.54, 1.807) is 49.4 Å². The van der Waals surface area contributed by atoms with Gasteiger partial charge >= 0.3 is 0 Å². The molecule has 2 amide bonds. The molecule has 3 rings (SSSR count). The summed E-state index contributed by atoms with van der Waals surface area (Å²) in [4.78, 5) is 28.0. The van der Waals surface area contributed by atoms with Crippen LogP contribution < -0.4 is 9.62 Å². The largest absolute Gasteiger partial charge is 0.350 e. The number of rotatable bonds is 9. The minimum absolute atomic E-state index is 0.0192. The lowest BCUT2D eigenvalue weighted by Gasteiger charge is -2.33. The van der Waals surface area contributed by atoms with Crippen LogP contribution in [-0.4, -0.2) is 43.3 Å². The van der Waals surface area contributed by atoms with Crippen LogP contribution in [0, 0.1) is 5.82 Å². The van der Waals surface area contributed by atoms with Crippen molar-refractivity contribution < 1.29 is 22.4 Å². The van der Waals surface area contributed by atoms with Crippen molar-refractivity contribution in [1.29, 1.82) is 0 Å². The first-order valence-electron chi connectivity index (χ1n) is 12.0. The molecule has 0 aliphatic rings. The van der Waals surface area contributed by atoms with Gasteiger partial charge in [-0.2, -0.15) is 0 Å². The van der Waals surface area contributed by atoms with Gasteiger partial charge in [0, 0.05) is 17.1 Å². The van der Waals surface area contributed by atoms with Gasteiger partial charge in [-0.05, 0) is 69.7 Å². The molecule has 0 spiro atoms. The topological polar surface area (TPSA) is 86.8 Å². The zero-order valence-electron chi connectivity index (χ0n) is 21.7. The molecular formula is C28H31ClFN3O4S. The molecule has 3 aromatic rings. The predicted molar refractivity (Wildman–Crippen MR) is 147 cm³/mol. The number of hydrogen-bond acceptors (Lipinski definition) is 4. The van der Waals surface area contributed by atoms with Crippen LogP contribution in [0.25, 0.3) is 0 Å². The molecule has 0 fully saturated rings. The lowest BCUT2D eigenvalue weighted by molar-refractivity contribution is -0.140. The van der Waals surface area contributed by atoms with Gasteiger partial charge in [-0.1, -0.05) is 54.1 Å². The second-order valence-electron chi connectivity index (χ2n) is 9.84. The third-order valence-electron chi connectivity index (χ3n) is 5.64. The van der Waals surface area contributed by atoms with E-state index in [2.05, 4.69) is 5.32 Å². The molecule has 1 atom stereocenters. The number of carbonyl (C=O) groups is 2. The average Bonchev–Trinajstić information content (AvgIpc) is 2.85. The third-order valence-corrected chi connectivity index (χ3v) is 7.65. The molecule has 0 saturated carbocycles. The van der Waals surface area contributed by atoms with E-state index in [4.69, 9.17) is 11.6 Å². The second-order valence-corrected chi connectivity index (χ2v) is 12.1. The molecule has 0 saturated heterocycles. The summed E-state index contributed by atoms with van der Waals surface area (Å²) in [6.45, 7) is 6.25. The van der Waals surface area contributed by atoms with Crippen LogP contribution in [0.2, 0.25) is 5.02 Å². The summed E-state index contributed by atoms with van der Waals surface area (Å²) in [5, 5.41) is 3.30. The molecule has 1 unspecified atom stereocenters. The molecule has 0 aromatic heterocycles. The Morgan fingerprint density at radius 1 is 0.974 bits per heavy atom. The summed E-state index contributed by atoms with van der Waals surface area (Å²) < 4.78 is 42.9. The number of carbonyl (C=O) groups excluding carboxylic acids is 2. The van der Waals surface area contributed by atoms with E-state index >= 15 is 0 Å². The number of benzene rings is 3. The van der Waals surface area contributed by atoms with Crippen LogP contribution in [0.4, 0.5) is 10.1 Å². The van der Waals surface area contributed by atoms with Crippen LogP contribution in [0.1, 0.15) is 33.3 Å². The van der Waals surface area contributed by atoms with Gasteiger partial charge in [0.2, 0.25) is 11.8 Å². The Kier molecular flexibility index (Phi) is 9.17. The predicted octanol–water partition coefficient (Wildman–Crippen LogP) is 5.01. The molecule has 0 bridgehead atoms. The first kappa shape index (κ1) is 29.1. The number of nitrogens with one attached hydrogen (secondary N) is 1. The Bertz CT molecular complexity index is 1390. The third kappa shape index (κ3) is 7.33. The maximum absolute atomic E-state index is 14.9. The molecule has 3 aromatic carbocycles. The summed E-state index contributed by atoms with van der Waals surface area (Å²) in [5.41, 5.74) is -0.199. The number of halogens is 2. The van der Waals surface area contributed by atoms with E-state index in [-0.39, 0.29) is 17.1 Å². The van der Waals surface area contributed by atoms with E-state index in [1.165, 1.54) is 35.2 Å². The Labute approximate surface area is 228 Å². The van der Waals surface area contributed by atoms with Gasteiger partial charge < -0.3 is 10.2 Å². The van der Waals surface area contributed by atoms with Crippen LogP contribution >= 0.6 is 11.6 Å². The number of amides is 2. The van der Waals surface area contributed by atoms with Crippen LogP contribution in [0.15, 0.2) is 83.8 Å². The summed E-state index contributed by atoms with van der Waals surface area (Å²) in [6.07, 6.45) is 0. The van der Waals surface area contributed by atoms with Gasteiger partial charge in [-0.25, -0.2) is 12.8 Å². The normalized spacial score (nSPS) is 12.5. The van der Waals surface area contributed by atoms with Gasteiger partial charge in [0.05, 0.1) is 10.6 Å². The fourth-order valence-electron chi connectivity index (χ4n) is 3.78. The van der Waals surface area contributed by atoms with Gasteiger partial charge in [-0.3, -0.25) is 13.9 Å². The van der Waals surface area contributed by atoms with Crippen molar-refractivity contribution >= 4 is 39.1 Å². The highest BCUT2D eigenvalue weighted by Gasteiger charge is 2.34. The van der Waals surface area contributed by atoms with E-state index in [9.17, 15) is 22.4 Å². The molecule has 7 nitrogen and oxygen atoms in total. The van der Waals surface area contributed by atoms with E-state index in [0.29, 0.717) is 10.6 Å². The van der Waals surface area contributed by atoms with Crippen LogP contribution in [0.5, 0.6) is 0 Å². The highest BCUT2D eigenvalue weighted by atomic mass is 35.5. The van der Waals surface area contributed by atoms with Gasteiger partial charge in [0.15, 0.2) is 0 Å². The van der Waals surface area contributed by atoms with E-state index in [0.717, 1.165) is 10.4 Å². The maximum Gasteiger partial charge on any atom is 0.264 e. The lowest BCUT2D eigenvalue weighted by atomic mass is 10.1. The van der Waals surface area contributed by atoms with Crippen LogP contribution in [-0.2, 0) is 26.2 Å². The Morgan fingerprint density at radius 2 is 1.61 bits per heavy atom. The van der Waals surface area contributed by atoms with Crippen molar-refractivity contribution in [2.24, 2.45) is 0 Å². The molecule has 0 aliphatic heterocycles. The number of anilines is 1. The minimum Gasteiger partial charge on any atom is -0.350 e. The summed E-state index contributed by atoms with van der Waals surface area (Å²) in [7, 11) is -4.34. The van der Waals surface area contributed by atoms with E-state index in [1.807, 2.05) is 20.8 Å². The first-order chi connectivity index (χ1) is 17.8. The fraction of sp³-hybridized carbons (Fsp3) is 0.286. The minimum atomic E-state index is -4.34. The highest BCUT2D eigenvalue weighted by Crippen LogP contribution is 2.27. The molecule has 10 heteroatoms. The molecule has 0 heterocycles. The van der Waals surface area contributed by atoms with Crippen LogP contribution in [0.3, 0.4) is 0 Å². The molecule has 202 valence electrons. The number of hydrogen-bond donors (Lipinski definition) is 1. The molecule has 38 heavy (non-hydrogen) atoms. The van der Waals surface area contributed by atoms with Gasteiger partial charge in [0.25, 0.3) is 10.0 Å². The smallest absolute Gasteiger partial charge is 0.264 e. The summed E-state index contributed by atoms with van der Waals surface area (Å²) in [5.74, 6) is -1.92. The zero-order valence-corrected chi connectivity index (χ0v) is 23.3. The van der Waals surface area contributed by atoms with Crippen molar-refractivity contribution in [2.45, 2.75) is 50.7 Å². The van der Waals surface area contributed by atoms with Crippen molar-refractivity contribution in [2.75, 3.05) is 10.8 Å². The standard InChI is InChI=1S/C28H31ClFN3O4S/c1-20(27(35)31-28(2,3)4)32(18-21-11-10-12-22(29)17-21)26(34)19-33(25-16-9-8-15-24(25)30)38(36,37)23-13-6-5-7-14-23/h5-17,20H,18-19H2,1-4H3,(H,31,35).